The minimum absolute atomic E-state index is 0.0200. The summed E-state index contributed by atoms with van der Waals surface area (Å²) in [6.45, 7) is 2.44. The molecule has 3 nitrogen and oxygen atoms in total. The van der Waals surface area contributed by atoms with Gasteiger partial charge in [-0.25, -0.2) is 4.39 Å². The summed E-state index contributed by atoms with van der Waals surface area (Å²) in [7, 11) is 1.59. The molecule has 1 atom stereocenters. The van der Waals surface area contributed by atoms with E-state index in [9.17, 15) is 9.18 Å². The highest BCUT2D eigenvalue weighted by Gasteiger charge is 2.14. The predicted molar refractivity (Wildman–Crippen MR) is 72.5 cm³/mol. The van der Waals surface area contributed by atoms with Gasteiger partial charge in [-0.3, -0.25) is 4.79 Å². The summed E-state index contributed by atoms with van der Waals surface area (Å²) in [6.07, 6.45) is 0.789. The van der Waals surface area contributed by atoms with E-state index in [0.29, 0.717) is 15.7 Å². The Bertz CT molecular complexity index is 398. The SMILES string of the molecule is CCC(COC)NC(=O)c1ccc(F)cc1I. The second kappa shape index (κ2) is 6.90. The van der Waals surface area contributed by atoms with Gasteiger partial charge in [-0.05, 0) is 47.2 Å². The molecule has 0 spiro atoms. The average Bonchev–Trinajstić information content (AvgIpc) is 2.28. The van der Waals surface area contributed by atoms with Crippen molar-refractivity contribution >= 4 is 28.5 Å². The third kappa shape index (κ3) is 4.23. The number of hydrogen-bond acceptors (Lipinski definition) is 2. The number of nitrogens with one attached hydrogen (secondary N) is 1. The molecule has 1 unspecified atom stereocenters. The molecule has 1 N–H and O–H groups in total. The lowest BCUT2D eigenvalue weighted by Crippen LogP contribution is -2.37. The van der Waals surface area contributed by atoms with E-state index in [1.165, 1.54) is 18.2 Å². The lowest BCUT2D eigenvalue weighted by Gasteiger charge is -2.16. The largest absolute Gasteiger partial charge is 0.383 e. The Morgan fingerprint density at radius 2 is 2.29 bits per heavy atom. The van der Waals surface area contributed by atoms with Crippen molar-refractivity contribution in [1.29, 1.82) is 0 Å². The van der Waals surface area contributed by atoms with Gasteiger partial charge in [-0.2, -0.15) is 0 Å². The lowest BCUT2D eigenvalue weighted by molar-refractivity contribution is 0.0893. The Morgan fingerprint density at radius 1 is 1.59 bits per heavy atom. The van der Waals surface area contributed by atoms with Crippen molar-refractivity contribution in [2.75, 3.05) is 13.7 Å². The molecule has 1 aromatic carbocycles. The maximum Gasteiger partial charge on any atom is 0.252 e. The first-order valence-electron chi connectivity index (χ1n) is 5.33. The first-order chi connectivity index (χ1) is 8.08. The standard InChI is InChI=1S/C12H15FINO2/c1-3-9(7-17-2)15-12(16)10-5-4-8(13)6-11(10)14/h4-6,9H,3,7H2,1-2H3,(H,15,16). The molecule has 0 aliphatic carbocycles. The van der Waals surface area contributed by atoms with Gasteiger partial charge in [0.05, 0.1) is 18.2 Å². The number of halogens is 2. The molecule has 5 heteroatoms. The molecule has 0 heterocycles. The van der Waals surface area contributed by atoms with Gasteiger partial charge in [0.1, 0.15) is 5.82 Å². The number of carbonyl (C=O) groups is 1. The van der Waals surface area contributed by atoms with Crippen LogP contribution >= 0.6 is 22.6 Å². The van der Waals surface area contributed by atoms with Gasteiger partial charge in [0.2, 0.25) is 0 Å². The van der Waals surface area contributed by atoms with Crippen molar-refractivity contribution in [2.45, 2.75) is 19.4 Å². The van der Waals surface area contributed by atoms with E-state index in [1.54, 1.807) is 7.11 Å². The van der Waals surface area contributed by atoms with E-state index < -0.39 is 0 Å². The summed E-state index contributed by atoms with van der Waals surface area (Å²) < 4.78 is 18.5. The monoisotopic (exact) mass is 351 g/mol. The van der Waals surface area contributed by atoms with Gasteiger partial charge >= 0.3 is 0 Å². The van der Waals surface area contributed by atoms with Crippen LogP contribution in [0, 0.1) is 9.39 Å². The molecule has 0 fully saturated rings. The Labute approximate surface area is 114 Å². The molecular formula is C12H15FINO2. The van der Waals surface area contributed by atoms with Crippen LogP contribution in [0.1, 0.15) is 23.7 Å². The molecular weight excluding hydrogens is 336 g/mol. The second-order valence-electron chi connectivity index (χ2n) is 3.66. The zero-order valence-corrected chi connectivity index (χ0v) is 12.0. The maximum absolute atomic E-state index is 12.9. The number of ether oxygens (including phenoxy) is 1. The van der Waals surface area contributed by atoms with Crippen LogP contribution in [0.15, 0.2) is 18.2 Å². The van der Waals surface area contributed by atoms with Crippen LogP contribution in [0.25, 0.3) is 0 Å². The molecule has 1 aromatic rings. The van der Waals surface area contributed by atoms with Crippen molar-refractivity contribution < 1.29 is 13.9 Å². The van der Waals surface area contributed by atoms with E-state index in [-0.39, 0.29) is 17.8 Å². The van der Waals surface area contributed by atoms with Crippen LogP contribution in [0.5, 0.6) is 0 Å². The summed E-state index contributed by atoms with van der Waals surface area (Å²) in [5.41, 5.74) is 0.488. The fourth-order valence-electron chi connectivity index (χ4n) is 1.40. The van der Waals surface area contributed by atoms with Gasteiger partial charge in [0, 0.05) is 10.7 Å². The van der Waals surface area contributed by atoms with E-state index >= 15 is 0 Å². The third-order valence-electron chi connectivity index (χ3n) is 2.37. The summed E-state index contributed by atoms with van der Waals surface area (Å²) >= 11 is 1.95. The number of benzene rings is 1. The predicted octanol–water partition coefficient (Wildman–Crippen LogP) is 2.59. The molecule has 0 bridgehead atoms. The highest BCUT2D eigenvalue weighted by Crippen LogP contribution is 2.14. The second-order valence-corrected chi connectivity index (χ2v) is 4.82. The number of rotatable bonds is 5. The van der Waals surface area contributed by atoms with E-state index in [0.717, 1.165) is 6.42 Å². The Morgan fingerprint density at radius 3 is 2.82 bits per heavy atom. The average molecular weight is 351 g/mol. The van der Waals surface area contributed by atoms with Gasteiger partial charge < -0.3 is 10.1 Å². The fourth-order valence-corrected chi connectivity index (χ4v) is 2.12. The first kappa shape index (κ1) is 14.4. The molecule has 1 rings (SSSR count). The van der Waals surface area contributed by atoms with Crippen molar-refractivity contribution in [1.82, 2.24) is 5.32 Å². The van der Waals surface area contributed by atoms with E-state index in [1.807, 2.05) is 29.5 Å². The van der Waals surface area contributed by atoms with E-state index in [2.05, 4.69) is 5.32 Å². The fraction of sp³-hybridized carbons (Fsp3) is 0.417. The zero-order chi connectivity index (χ0) is 12.8. The van der Waals surface area contributed by atoms with Crippen LogP contribution in [0.3, 0.4) is 0 Å². The molecule has 1 amide bonds. The Hall–Kier alpha value is -0.690. The van der Waals surface area contributed by atoms with Crippen molar-refractivity contribution in [2.24, 2.45) is 0 Å². The number of amides is 1. The van der Waals surface area contributed by atoms with Crippen LogP contribution in [-0.2, 0) is 4.74 Å². The normalized spacial score (nSPS) is 12.2. The topological polar surface area (TPSA) is 38.3 Å². The minimum atomic E-state index is -0.338. The van der Waals surface area contributed by atoms with Crippen molar-refractivity contribution in [3.8, 4) is 0 Å². The Kier molecular flexibility index (Phi) is 5.84. The van der Waals surface area contributed by atoms with Crippen LogP contribution in [-0.4, -0.2) is 25.7 Å². The smallest absolute Gasteiger partial charge is 0.252 e. The molecule has 17 heavy (non-hydrogen) atoms. The molecule has 94 valence electrons. The summed E-state index contributed by atoms with van der Waals surface area (Å²) in [5, 5.41) is 2.85. The first-order valence-corrected chi connectivity index (χ1v) is 6.41. The highest BCUT2D eigenvalue weighted by molar-refractivity contribution is 14.1. The maximum atomic E-state index is 12.9. The molecule has 0 saturated carbocycles. The van der Waals surface area contributed by atoms with Gasteiger partial charge in [0.15, 0.2) is 0 Å². The lowest BCUT2D eigenvalue weighted by atomic mass is 10.1. The number of hydrogen-bond donors (Lipinski definition) is 1. The highest BCUT2D eigenvalue weighted by atomic mass is 127. The summed E-state index contributed by atoms with van der Waals surface area (Å²) in [5.74, 6) is -0.534. The van der Waals surface area contributed by atoms with Crippen LogP contribution in [0.2, 0.25) is 0 Å². The van der Waals surface area contributed by atoms with Gasteiger partial charge in [0.25, 0.3) is 5.91 Å². The van der Waals surface area contributed by atoms with Crippen molar-refractivity contribution in [3.05, 3.63) is 33.1 Å². The molecule has 0 aromatic heterocycles. The molecule has 0 aliphatic heterocycles. The summed E-state index contributed by atoms with van der Waals surface area (Å²) in [6, 6.07) is 4.10. The van der Waals surface area contributed by atoms with Crippen LogP contribution in [0.4, 0.5) is 4.39 Å². The summed E-state index contributed by atoms with van der Waals surface area (Å²) in [4.78, 5) is 11.9. The molecule has 0 aliphatic rings. The van der Waals surface area contributed by atoms with Gasteiger partial charge in [-0.1, -0.05) is 6.92 Å². The minimum Gasteiger partial charge on any atom is -0.383 e. The van der Waals surface area contributed by atoms with Crippen molar-refractivity contribution in [3.63, 3.8) is 0 Å². The molecule has 0 radical (unpaired) electrons. The van der Waals surface area contributed by atoms with E-state index in [4.69, 9.17) is 4.74 Å². The Balaban J connectivity index is 2.75. The number of methoxy groups -OCH3 is 1. The zero-order valence-electron chi connectivity index (χ0n) is 9.80. The number of carbonyl (C=O) groups excluding carboxylic acids is 1. The van der Waals surface area contributed by atoms with Crippen LogP contribution < -0.4 is 5.32 Å². The third-order valence-corrected chi connectivity index (χ3v) is 3.26. The quantitative estimate of drug-likeness (QED) is 0.829. The van der Waals surface area contributed by atoms with Gasteiger partial charge in [-0.15, -0.1) is 0 Å². The molecule has 0 saturated heterocycles.